The average molecular weight is 352 g/mol. The molecule has 1 aliphatic rings. The van der Waals surface area contributed by atoms with Crippen LogP contribution in [0.4, 0.5) is 5.82 Å². The van der Waals surface area contributed by atoms with Crippen LogP contribution >= 0.6 is 0 Å². The van der Waals surface area contributed by atoms with Gasteiger partial charge in [0.15, 0.2) is 0 Å². The third-order valence-corrected chi connectivity index (χ3v) is 4.78. The third-order valence-electron chi connectivity index (χ3n) is 4.78. The molecule has 2 heterocycles. The fraction of sp³-hybridized carbons (Fsp3) is 0.429. The normalized spacial score (nSPS) is 14.5. The average Bonchev–Trinajstić information content (AvgIpc) is 2.72. The van der Waals surface area contributed by atoms with Gasteiger partial charge in [0, 0.05) is 45.3 Å². The fourth-order valence-electron chi connectivity index (χ4n) is 3.27. The van der Waals surface area contributed by atoms with Crippen molar-refractivity contribution in [2.45, 2.75) is 19.3 Å². The van der Waals surface area contributed by atoms with E-state index >= 15 is 0 Å². The number of anilines is 1. The summed E-state index contributed by atoms with van der Waals surface area (Å²) in [5.74, 6) is 1.25. The molecule has 1 N–H and O–H groups in total. The Kier molecular flexibility index (Phi) is 7.02. The molecule has 2 aromatic rings. The highest BCUT2D eigenvalue weighted by Gasteiger charge is 2.21. The molecule has 1 aromatic carbocycles. The number of aromatic nitrogens is 1. The number of hydrogen-bond acceptors (Lipinski definition) is 4. The van der Waals surface area contributed by atoms with E-state index in [0.29, 0.717) is 6.42 Å². The van der Waals surface area contributed by atoms with Crippen LogP contribution in [-0.4, -0.2) is 55.1 Å². The van der Waals surface area contributed by atoms with E-state index in [-0.39, 0.29) is 5.91 Å². The number of carbonyl (C=O) groups is 1. The van der Waals surface area contributed by atoms with Gasteiger partial charge in [-0.1, -0.05) is 36.4 Å². The molecular weight excluding hydrogens is 324 g/mol. The number of nitrogens with zero attached hydrogens (tertiary/aromatic N) is 3. The maximum atomic E-state index is 12.3. The van der Waals surface area contributed by atoms with E-state index in [1.165, 1.54) is 5.56 Å². The fourth-order valence-corrected chi connectivity index (χ4v) is 3.27. The molecule has 138 valence electrons. The largest absolute Gasteiger partial charge is 0.353 e. The molecule has 1 amide bonds. The van der Waals surface area contributed by atoms with E-state index < -0.39 is 0 Å². The molecule has 3 rings (SSSR count). The number of hydrogen-bond donors (Lipinski definition) is 1. The van der Waals surface area contributed by atoms with Crippen molar-refractivity contribution in [1.29, 1.82) is 0 Å². The highest BCUT2D eigenvalue weighted by molar-refractivity contribution is 5.76. The maximum absolute atomic E-state index is 12.3. The van der Waals surface area contributed by atoms with Crippen LogP contribution in [0.2, 0.25) is 0 Å². The lowest BCUT2D eigenvalue weighted by atomic mass is 10.1. The smallest absolute Gasteiger partial charge is 0.223 e. The van der Waals surface area contributed by atoms with Gasteiger partial charge >= 0.3 is 0 Å². The monoisotopic (exact) mass is 352 g/mol. The minimum atomic E-state index is 0.251. The summed E-state index contributed by atoms with van der Waals surface area (Å²) in [4.78, 5) is 21.0. The zero-order valence-corrected chi connectivity index (χ0v) is 15.3. The number of carbonyl (C=O) groups excluding carboxylic acids is 1. The van der Waals surface area contributed by atoms with Gasteiger partial charge in [0.25, 0.3) is 0 Å². The summed E-state index contributed by atoms with van der Waals surface area (Å²) < 4.78 is 0. The third kappa shape index (κ3) is 5.56. The molecule has 0 unspecified atom stereocenters. The second kappa shape index (κ2) is 9.92. The summed E-state index contributed by atoms with van der Waals surface area (Å²) in [6, 6.07) is 16.5. The molecule has 0 atom stereocenters. The lowest BCUT2D eigenvalue weighted by molar-refractivity contribution is -0.131. The topological polar surface area (TPSA) is 48.5 Å². The lowest BCUT2D eigenvalue weighted by Crippen LogP contribution is -2.49. The van der Waals surface area contributed by atoms with Crippen molar-refractivity contribution in [2.75, 3.05) is 44.2 Å². The van der Waals surface area contributed by atoms with E-state index in [0.717, 1.165) is 57.9 Å². The SMILES string of the molecule is O=C(CCNCCCc1ccccc1)N1CCN(c2ccccn2)CC1. The highest BCUT2D eigenvalue weighted by Crippen LogP contribution is 2.12. The van der Waals surface area contributed by atoms with Crippen LogP contribution in [0.3, 0.4) is 0 Å². The first-order chi connectivity index (χ1) is 12.8. The Labute approximate surface area is 156 Å². The molecule has 26 heavy (non-hydrogen) atoms. The molecule has 0 radical (unpaired) electrons. The summed E-state index contributed by atoms with van der Waals surface area (Å²) in [7, 11) is 0. The Morgan fingerprint density at radius 2 is 1.73 bits per heavy atom. The van der Waals surface area contributed by atoms with Gasteiger partial charge in [-0.3, -0.25) is 4.79 Å². The first-order valence-corrected chi connectivity index (χ1v) is 9.51. The van der Waals surface area contributed by atoms with Gasteiger partial charge < -0.3 is 15.1 Å². The quantitative estimate of drug-likeness (QED) is 0.741. The minimum Gasteiger partial charge on any atom is -0.353 e. The van der Waals surface area contributed by atoms with Crippen molar-refractivity contribution >= 4 is 11.7 Å². The van der Waals surface area contributed by atoms with Gasteiger partial charge in [-0.15, -0.1) is 0 Å². The number of aryl methyl sites for hydroxylation is 1. The van der Waals surface area contributed by atoms with Gasteiger partial charge in [-0.05, 0) is 37.1 Å². The number of piperazine rings is 1. The van der Waals surface area contributed by atoms with Crippen LogP contribution < -0.4 is 10.2 Å². The molecule has 5 nitrogen and oxygen atoms in total. The predicted octanol–water partition coefficient (Wildman–Crippen LogP) is 2.34. The summed E-state index contributed by atoms with van der Waals surface area (Å²) in [6.45, 7) is 4.98. The van der Waals surface area contributed by atoms with E-state index in [2.05, 4.69) is 39.5 Å². The Balaban J connectivity index is 1.27. The number of nitrogens with one attached hydrogen (secondary N) is 1. The van der Waals surface area contributed by atoms with Gasteiger partial charge in [0.1, 0.15) is 5.82 Å². The van der Waals surface area contributed by atoms with Crippen molar-refractivity contribution in [3.05, 3.63) is 60.3 Å². The second-order valence-corrected chi connectivity index (χ2v) is 6.64. The van der Waals surface area contributed by atoms with E-state index in [1.54, 1.807) is 0 Å². The van der Waals surface area contributed by atoms with Gasteiger partial charge in [0.2, 0.25) is 5.91 Å². The van der Waals surface area contributed by atoms with Crippen LogP contribution in [0.5, 0.6) is 0 Å². The van der Waals surface area contributed by atoms with Gasteiger partial charge in [0.05, 0.1) is 0 Å². The number of amides is 1. The maximum Gasteiger partial charge on any atom is 0.223 e. The van der Waals surface area contributed by atoms with Crippen LogP contribution in [0.15, 0.2) is 54.7 Å². The Bertz CT molecular complexity index is 654. The molecule has 0 saturated carbocycles. The summed E-state index contributed by atoms with van der Waals surface area (Å²) in [5, 5.41) is 3.39. The van der Waals surface area contributed by atoms with Crippen molar-refractivity contribution in [1.82, 2.24) is 15.2 Å². The molecule has 0 bridgehead atoms. The van der Waals surface area contributed by atoms with Crippen LogP contribution in [0.25, 0.3) is 0 Å². The summed E-state index contributed by atoms with van der Waals surface area (Å²) in [6.07, 6.45) is 4.57. The summed E-state index contributed by atoms with van der Waals surface area (Å²) >= 11 is 0. The highest BCUT2D eigenvalue weighted by atomic mass is 16.2. The molecule has 5 heteroatoms. The van der Waals surface area contributed by atoms with Crippen molar-refractivity contribution in [3.63, 3.8) is 0 Å². The zero-order chi connectivity index (χ0) is 18.0. The van der Waals surface area contributed by atoms with Crippen LogP contribution in [-0.2, 0) is 11.2 Å². The molecule has 0 spiro atoms. The molecule has 0 aliphatic carbocycles. The Morgan fingerprint density at radius 3 is 2.46 bits per heavy atom. The molecule has 1 saturated heterocycles. The number of rotatable bonds is 8. The molecule has 1 aliphatic heterocycles. The van der Waals surface area contributed by atoms with E-state index in [4.69, 9.17) is 0 Å². The Morgan fingerprint density at radius 1 is 0.962 bits per heavy atom. The van der Waals surface area contributed by atoms with Gasteiger partial charge in [-0.25, -0.2) is 4.98 Å². The van der Waals surface area contributed by atoms with Gasteiger partial charge in [-0.2, -0.15) is 0 Å². The van der Waals surface area contributed by atoms with Crippen LogP contribution in [0, 0.1) is 0 Å². The van der Waals surface area contributed by atoms with Crippen LogP contribution in [0.1, 0.15) is 18.4 Å². The van der Waals surface area contributed by atoms with Crippen molar-refractivity contribution in [3.8, 4) is 0 Å². The van der Waals surface area contributed by atoms with Crippen molar-refractivity contribution < 1.29 is 4.79 Å². The Hall–Kier alpha value is -2.40. The number of pyridine rings is 1. The zero-order valence-electron chi connectivity index (χ0n) is 15.3. The van der Waals surface area contributed by atoms with E-state index in [9.17, 15) is 4.79 Å². The van der Waals surface area contributed by atoms with Crippen molar-refractivity contribution in [2.24, 2.45) is 0 Å². The summed E-state index contributed by atoms with van der Waals surface area (Å²) in [5.41, 5.74) is 1.37. The first-order valence-electron chi connectivity index (χ1n) is 9.51. The number of benzene rings is 1. The first kappa shape index (κ1) is 18.4. The lowest BCUT2D eigenvalue weighted by Gasteiger charge is -2.35. The molecule has 1 fully saturated rings. The molecule has 1 aromatic heterocycles. The standard InChI is InChI=1S/C21H28N4O/c26-21(11-14-22-12-6-9-19-7-2-1-3-8-19)25-17-15-24(16-18-25)20-10-4-5-13-23-20/h1-5,7-8,10,13,22H,6,9,11-12,14-18H2. The predicted molar refractivity (Wildman–Crippen MR) is 105 cm³/mol. The molecular formula is C21H28N4O. The van der Waals surface area contributed by atoms with E-state index in [1.807, 2.05) is 35.4 Å². The minimum absolute atomic E-state index is 0.251. The second-order valence-electron chi connectivity index (χ2n) is 6.64.